The van der Waals surface area contributed by atoms with Crippen molar-refractivity contribution in [3.8, 4) is 0 Å². The fraction of sp³-hybridized carbons (Fsp3) is 0.517. The van der Waals surface area contributed by atoms with Crippen LogP contribution in [0, 0.1) is 0 Å². The van der Waals surface area contributed by atoms with Gasteiger partial charge in [0.15, 0.2) is 11.2 Å². The number of ether oxygens (including phenoxy) is 3. The number of hydrogen-bond acceptors (Lipinski definition) is 12. The number of rotatable bonds is 22. The van der Waals surface area contributed by atoms with E-state index in [2.05, 4.69) is 45.9 Å². The number of nitrogens with one attached hydrogen (secondary N) is 4. The standard InChI is InChI=1S/C29H41N11O6/c1-20(4-9-24(41)32-10-2-12-44-14-16-46-17-15-45-13-3-11-35-40-31)36-27(42)21-5-7-22(8-6-21)33-18-23-19-34-26-25(37-23)28(43)39-29(30)38-26/h5-8,19-20,33H,2-4,9-18H2,1H3,(H,32,41)(H,36,42)(H3,30,34,38,39,43)/t20-/m1/s1. The number of aromatic nitrogens is 4. The van der Waals surface area contributed by atoms with Crippen molar-refractivity contribution >= 4 is 34.6 Å². The highest BCUT2D eigenvalue weighted by Crippen LogP contribution is 2.12. The number of hydrogen-bond donors (Lipinski definition) is 5. The molecule has 6 N–H and O–H groups in total. The van der Waals surface area contributed by atoms with Crippen molar-refractivity contribution in [1.29, 1.82) is 0 Å². The zero-order valence-electron chi connectivity index (χ0n) is 25.9. The number of nitrogens with zero attached hydrogens (tertiary/aromatic N) is 6. The molecule has 0 aliphatic rings. The summed E-state index contributed by atoms with van der Waals surface area (Å²) in [6, 6.07) is 6.73. The molecule has 0 fully saturated rings. The lowest BCUT2D eigenvalue weighted by molar-refractivity contribution is -0.121. The third-order valence-electron chi connectivity index (χ3n) is 6.43. The number of benzene rings is 1. The van der Waals surface area contributed by atoms with Gasteiger partial charge in [0.1, 0.15) is 0 Å². The average molecular weight is 640 g/mol. The van der Waals surface area contributed by atoms with Crippen LogP contribution in [0.2, 0.25) is 0 Å². The van der Waals surface area contributed by atoms with Crippen LogP contribution in [-0.2, 0) is 25.5 Å². The molecule has 17 heteroatoms. The zero-order valence-corrected chi connectivity index (χ0v) is 25.9. The van der Waals surface area contributed by atoms with Crippen molar-refractivity contribution in [1.82, 2.24) is 30.6 Å². The Morgan fingerprint density at radius 1 is 1.04 bits per heavy atom. The number of nitrogens with two attached hydrogens (primary N) is 1. The summed E-state index contributed by atoms with van der Waals surface area (Å²) >= 11 is 0. The Bertz CT molecular complexity index is 1500. The highest BCUT2D eigenvalue weighted by molar-refractivity contribution is 5.94. The van der Waals surface area contributed by atoms with Crippen LogP contribution in [0.3, 0.4) is 0 Å². The Kier molecular flexibility index (Phi) is 15.7. The summed E-state index contributed by atoms with van der Waals surface area (Å²) in [5.74, 6) is -0.340. The molecule has 248 valence electrons. The van der Waals surface area contributed by atoms with Gasteiger partial charge in [-0.1, -0.05) is 5.11 Å². The lowest BCUT2D eigenvalue weighted by Crippen LogP contribution is -2.34. The smallest absolute Gasteiger partial charge is 0.280 e. The molecule has 0 unspecified atom stereocenters. The van der Waals surface area contributed by atoms with E-state index >= 15 is 0 Å². The maximum atomic E-state index is 12.7. The topological polar surface area (TPSA) is 244 Å². The van der Waals surface area contributed by atoms with E-state index in [1.165, 1.54) is 6.20 Å². The van der Waals surface area contributed by atoms with Gasteiger partial charge >= 0.3 is 0 Å². The molecule has 3 rings (SSSR count). The number of carbonyl (C=O) groups excluding carboxylic acids is 2. The first-order valence-electron chi connectivity index (χ1n) is 15.0. The molecule has 0 aliphatic heterocycles. The minimum atomic E-state index is -0.460. The largest absolute Gasteiger partial charge is 0.379 e. The molecule has 1 aromatic carbocycles. The van der Waals surface area contributed by atoms with Gasteiger partial charge in [0.05, 0.1) is 44.9 Å². The van der Waals surface area contributed by atoms with Gasteiger partial charge in [-0.3, -0.25) is 19.4 Å². The van der Waals surface area contributed by atoms with Crippen LogP contribution in [0.5, 0.6) is 0 Å². The first-order chi connectivity index (χ1) is 22.4. The molecule has 0 aliphatic carbocycles. The van der Waals surface area contributed by atoms with Gasteiger partial charge in [-0.25, -0.2) is 9.97 Å². The third kappa shape index (κ3) is 13.4. The van der Waals surface area contributed by atoms with E-state index in [-0.39, 0.29) is 35.0 Å². The van der Waals surface area contributed by atoms with Crippen molar-refractivity contribution in [3.05, 3.63) is 62.5 Å². The summed E-state index contributed by atoms with van der Waals surface area (Å²) in [7, 11) is 0. The maximum absolute atomic E-state index is 12.7. The Morgan fingerprint density at radius 2 is 1.74 bits per heavy atom. The number of aromatic amines is 1. The lowest BCUT2D eigenvalue weighted by Gasteiger charge is -2.14. The Labute approximate surface area is 265 Å². The second kappa shape index (κ2) is 20.2. The van der Waals surface area contributed by atoms with Crippen LogP contribution in [0.4, 0.5) is 11.6 Å². The molecule has 0 saturated heterocycles. The van der Waals surface area contributed by atoms with Crippen molar-refractivity contribution in [2.45, 2.75) is 45.2 Å². The van der Waals surface area contributed by atoms with Crippen LogP contribution >= 0.6 is 0 Å². The molecule has 17 nitrogen and oxygen atoms in total. The van der Waals surface area contributed by atoms with Crippen molar-refractivity contribution < 1.29 is 23.8 Å². The summed E-state index contributed by atoms with van der Waals surface area (Å²) < 4.78 is 16.3. The maximum Gasteiger partial charge on any atom is 0.280 e. The van der Waals surface area contributed by atoms with Crippen molar-refractivity contribution in [3.63, 3.8) is 0 Å². The van der Waals surface area contributed by atoms with Gasteiger partial charge in [0, 0.05) is 54.9 Å². The number of amides is 2. The van der Waals surface area contributed by atoms with E-state index in [0.717, 1.165) is 5.69 Å². The predicted molar refractivity (Wildman–Crippen MR) is 171 cm³/mol. The number of H-pyrrole nitrogens is 1. The molecular weight excluding hydrogens is 598 g/mol. The van der Waals surface area contributed by atoms with Gasteiger partial charge in [0.25, 0.3) is 11.5 Å². The van der Waals surface area contributed by atoms with E-state index in [9.17, 15) is 14.4 Å². The first kappa shape index (κ1) is 35.6. The molecule has 0 spiro atoms. The van der Waals surface area contributed by atoms with Gasteiger partial charge in [-0.15, -0.1) is 0 Å². The molecule has 0 bridgehead atoms. The first-order valence-corrected chi connectivity index (χ1v) is 15.0. The van der Waals surface area contributed by atoms with E-state index < -0.39 is 5.56 Å². The molecule has 46 heavy (non-hydrogen) atoms. The molecular formula is C29H41N11O6. The molecule has 3 aromatic rings. The third-order valence-corrected chi connectivity index (χ3v) is 6.43. The number of anilines is 2. The van der Waals surface area contributed by atoms with E-state index in [4.69, 9.17) is 25.5 Å². The number of fused-ring (bicyclic) bond motifs is 1. The molecule has 1 atom stereocenters. The Balaban J connectivity index is 1.21. The highest BCUT2D eigenvalue weighted by Gasteiger charge is 2.12. The van der Waals surface area contributed by atoms with Gasteiger partial charge < -0.3 is 35.9 Å². The van der Waals surface area contributed by atoms with Crippen LogP contribution in [0.1, 0.15) is 48.7 Å². The Morgan fingerprint density at radius 3 is 2.46 bits per heavy atom. The van der Waals surface area contributed by atoms with Crippen LogP contribution in [-0.4, -0.2) is 90.5 Å². The fourth-order valence-corrected chi connectivity index (χ4v) is 4.03. The second-order valence-electron chi connectivity index (χ2n) is 10.2. The molecule has 2 amide bonds. The average Bonchev–Trinajstić information content (AvgIpc) is 3.05. The monoisotopic (exact) mass is 639 g/mol. The minimum Gasteiger partial charge on any atom is -0.379 e. The molecule has 2 heterocycles. The van der Waals surface area contributed by atoms with Crippen LogP contribution in [0.25, 0.3) is 21.6 Å². The number of nitrogen functional groups attached to an aromatic ring is 1. The van der Waals surface area contributed by atoms with Crippen LogP contribution in [0.15, 0.2) is 40.4 Å². The summed E-state index contributed by atoms with van der Waals surface area (Å²) in [5, 5.41) is 12.4. The highest BCUT2D eigenvalue weighted by atomic mass is 16.5. The fourth-order valence-electron chi connectivity index (χ4n) is 4.03. The zero-order chi connectivity index (χ0) is 33.0. The molecule has 0 radical (unpaired) electrons. The number of carbonyl (C=O) groups is 2. The van der Waals surface area contributed by atoms with E-state index in [0.29, 0.717) is 96.2 Å². The van der Waals surface area contributed by atoms with Gasteiger partial charge in [-0.2, -0.15) is 4.98 Å². The summed E-state index contributed by atoms with van der Waals surface area (Å²) in [6.07, 6.45) is 3.67. The van der Waals surface area contributed by atoms with Gasteiger partial charge in [0.2, 0.25) is 11.9 Å². The predicted octanol–water partition coefficient (Wildman–Crippen LogP) is 2.06. The Hall–Kier alpha value is -4.83. The summed E-state index contributed by atoms with van der Waals surface area (Å²) in [5.41, 5.74) is 15.3. The van der Waals surface area contributed by atoms with Crippen molar-refractivity contribution in [2.24, 2.45) is 5.11 Å². The molecule has 2 aromatic heterocycles. The van der Waals surface area contributed by atoms with Crippen molar-refractivity contribution in [2.75, 3.05) is 63.8 Å². The normalized spacial score (nSPS) is 11.5. The molecule has 0 saturated carbocycles. The second-order valence-corrected chi connectivity index (χ2v) is 10.2. The lowest BCUT2D eigenvalue weighted by atomic mass is 10.1. The number of azide groups is 1. The quantitative estimate of drug-likeness (QED) is 0.0461. The summed E-state index contributed by atoms with van der Waals surface area (Å²) in [4.78, 5) is 54.3. The SMILES string of the molecule is C[C@H](CCC(=O)NCCCOCCOCCOCCCN=[N+]=[N-])NC(=O)c1ccc(NCc2cnc3nc(N)[nH]c(=O)c3n2)cc1. The van der Waals surface area contributed by atoms with Gasteiger partial charge in [-0.05, 0) is 56.0 Å². The van der Waals surface area contributed by atoms with Crippen LogP contribution < -0.4 is 27.2 Å². The van der Waals surface area contributed by atoms with E-state index in [1.807, 2.05) is 6.92 Å². The minimum absolute atomic E-state index is 0.0222. The van der Waals surface area contributed by atoms with E-state index in [1.54, 1.807) is 24.3 Å². The summed E-state index contributed by atoms with van der Waals surface area (Å²) in [6.45, 7) is 5.98.